The smallest absolute Gasteiger partial charge is 0.254 e. The number of ether oxygens (including phenoxy) is 2. The highest BCUT2D eigenvalue weighted by molar-refractivity contribution is 7.98. The number of amides is 2. The van der Waals surface area contributed by atoms with Crippen molar-refractivity contribution in [2.75, 3.05) is 60.7 Å². The quantitative estimate of drug-likeness (QED) is 0.627. The zero-order valence-corrected chi connectivity index (χ0v) is 20.6. The molecule has 0 aromatic heterocycles. The highest BCUT2D eigenvalue weighted by Crippen LogP contribution is 2.46. The van der Waals surface area contributed by atoms with E-state index in [0.29, 0.717) is 35.7 Å². The van der Waals surface area contributed by atoms with Gasteiger partial charge < -0.3 is 24.2 Å². The number of thioether (sulfide) groups is 1. The summed E-state index contributed by atoms with van der Waals surface area (Å²) in [6, 6.07) is 11.2. The Labute approximate surface area is 199 Å². The molecular weight excluding hydrogens is 438 g/mol. The van der Waals surface area contributed by atoms with E-state index in [1.54, 1.807) is 50.1 Å². The third-order valence-corrected chi connectivity index (χ3v) is 7.46. The fraction of sp³-hybridized carbons (Fsp3) is 0.440. The van der Waals surface area contributed by atoms with Crippen molar-refractivity contribution in [3.63, 3.8) is 0 Å². The summed E-state index contributed by atoms with van der Waals surface area (Å²) in [6.45, 7) is 3.01. The minimum atomic E-state index is -0.536. The van der Waals surface area contributed by atoms with Crippen LogP contribution < -0.4 is 9.47 Å². The molecule has 176 valence electrons. The van der Waals surface area contributed by atoms with Crippen molar-refractivity contribution in [2.45, 2.75) is 16.9 Å². The van der Waals surface area contributed by atoms with Crippen LogP contribution in [0, 0.1) is 0 Å². The number of carbonyl (C=O) groups is 2. The lowest BCUT2D eigenvalue weighted by Gasteiger charge is -2.43. The lowest BCUT2D eigenvalue weighted by molar-refractivity contribution is -0.136. The van der Waals surface area contributed by atoms with Crippen LogP contribution in [0.25, 0.3) is 0 Å². The van der Waals surface area contributed by atoms with Crippen molar-refractivity contribution in [2.24, 2.45) is 0 Å². The Morgan fingerprint density at radius 1 is 0.970 bits per heavy atom. The predicted octanol–water partition coefficient (Wildman–Crippen LogP) is 3.11. The molecule has 8 heteroatoms. The molecule has 1 saturated heterocycles. The molecule has 7 nitrogen and oxygen atoms in total. The van der Waals surface area contributed by atoms with E-state index in [0.717, 1.165) is 23.5 Å². The first-order valence-electron chi connectivity index (χ1n) is 11.0. The van der Waals surface area contributed by atoms with E-state index >= 15 is 0 Å². The normalized spacial score (nSPS) is 21.1. The molecule has 2 aliphatic rings. The fourth-order valence-corrected chi connectivity index (χ4v) is 5.16. The third kappa shape index (κ3) is 4.29. The topological polar surface area (TPSA) is 62.3 Å². The number of piperazine rings is 1. The summed E-state index contributed by atoms with van der Waals surface area (Å²) in [5.41, 5.74) is 2.12. The van der Waals surface area contributed by atoms with Gasteiger partial charge >= 0.3 is 0 Å². The van der Waals surface area contributed by atoms with Crippen LogP contribution in [-0.2, 0) is 4.79 Å². The van der Waals surface area contributed by atoms with Crippen LogP contribution in [0.1, 0.15) is 33.4 Å². The van der Waals surface area contributed by atoms with Gasteiger partial charge in [-0.2, -0.15) is 0 Å². The summed E-state index contributed by atoms with van der Waals surface area (Å²) in [7, 11) is 6.96. The van der Waals surface area contributed by atoms with E-state index in [-0.39, 0.29) is 11.8 Å². The van der Waals surface area contributed by atoms with E-state index < -0.39 is 12.0 Å². The number of carbonyl (C=O) groups excluding carboxylic acids is 2. The van der Waals surface area contributed by atoms with Gasteiger partial charge in [-0.3, -0.25) is 9.59 Å². The van der Waals surface area contributed by atoms with Gasteiger partial charge in [0.05, 0.1) is 26.2 Å². The molecule has 2 aliphatic heterocycles. The van der Waals surface area contributed by atoms with Crippen molar-refractivity contribution in [3.8, 4) is 11.5 Å². The monoisotopic (exact) mass is 469 g/mol. The van der Waals surface area contributed by atoms with Crippen molar-refractivity contribution < 1.29 is 19.1 Å². The van der Waals surface area contributed by atoms with Crippen LogP contribution in [0.15, 0.2) is 41.3 Å². The number of hydrogen-bond donors (Lipinski definition) is 0. The molecule has 2 atom stereocenters. The Morgan fingerprint density at radius 2 is 1.58 bits per heavy atom. The van der Waals surface area contributed by atoms with Gasteiger partial charge in [-0.15, -0.1) is 11.8 Å². The first kappa shape index (κ1) is 23.4. The molecule has 33 heavy (non-hydrogen) atoms. The van der Waals surface area contributed by atoms with E-state index in [9.17, 15) is 9.59 Å². The molecule has 2 heterocycles. The standard InChI is InChI=1S/C25H31N3O4S/c1-26-10-12-28(13-11-26)25(30)22-18-14-20(31-3)21(32-4)15-19(18)24(29)27(2)23(22)16-6-8-17(33-5)9-7-16/h6-9,14-15,22-23H,10-13H2,1-5H3/t22-,23+/m0/s1. The predicted molar refractivity (Wildman–Crippen MR) is 129 cm³/mol. The van der Waals surface area contributed by atoms with E-state index in [4.69, 9.17) is 9.47 Å². The van der Waals surface area contributed by atoms with Crippen LogP contribution in [0.5, 0.6) is 11.5 Å². The largest absolute Gasteiger partial charge is 0.493 e. The van der Waals surface area contributed by atoms with E-state index in [1.807, 2.05) is 35.4 Å². The molecule has 0 spiro atoms. The molecule has 4 rings (SSSR count). The molecule has 0 aliphatic carbocycles. The third-order valence-electron chi connectivity index (χ3n) is 6.71. The van der Waals surface area contributed by atoms with Gasteiger partial charge in [-0.25, -0.2) is 0 Å². The van der Waals surface area contributed by atoms with Crippen LogP contribution in [0.3, 0.4) is 0 Å². The second kappa shape index (κ2) is 9.65. The summed E-state index contributed by atoms with van der Waals surface area (Å²) in [4.78, 5) is 34.5. The van der Waals surface area contributed by atoms with Crippen LogP contribution >= 0.6 is 11.8 Å². The van der Waals surface area contributed by atoms with Crippen molar-refractivity contribution in [1.82, 2.24) is 14.7 Å². The zero-order chi connectivity index (χ0) is 23.7. The summed E-state index contributed by atoms with van der Waals surface area (Å²) in [5.74, 6) is 0.362. The average molecular weight is 470 g/mol. The van der Waals surface area contributed by atoms with Crippen LogP contribution in [-0.4, -0.2) is 87.3 Å². The van der Waals surface area contributed by atoms with E-state index in [2.05, 4.69) is 11.9 Å². The SMILES string of the molecule is COc1cc2c(cc1OC)[C@H](C(=O)N1CCN(C)CC1)[C@@H](c1ccc(SC)cc1)N(C)C2=O. The highest BCUT2D eigenvalue weighted by atomic mass is 32.2. The molecule has 0 N–H and O–H groups in total. The Hall–Kier alpha value is -2.71. The lowest BCUT2D eigenvalue weighted by atomic mass is 9.78. The first-order valence-corrected chi connectivity index (χ1v) is 12.3. The Morgan fingerprint density at radius 3 is 2.15 bits per heavy atom. The van der Waals surface area contributed by atoms with Gasteiger partial charge in [0.25, 0.3) is 5.91 Å². The van der Waals surface area contributed by atoms with Gasteiger partial charge in [0.1, 0.15) is 0 Å². The zero-order valence-electron chi connectivity index (χ0n) is 19.8. The molecule has 1 fully saturated rings. The van der Waals surface area contributed by atoms with Crippen molar-refractivity contribution >= 4 is 23.6 Å². The molecule has 2 aromatic carbocycles. The molecule has 0 unspecified atom stereocenters. The number of hydrogen-bond acceptors (Lipinski definition) is 6. The number of fused-ring (bicyclic) bond motifs is 1. The maximum absolute atomic E-state index is 14.0. The number of benzene rings is 2. The number of nitrogens with zero attached hydrogens (tertiary/aromatic N) is 3. The minimum Gasteiger partial charge on any atom is -0.493 e. The summed E-state index contributed by atoms with van der Waals surface area (Å²) in [5, 5.41) is 0. The highest BCUT2D eigenvalue weighted by Gasteiger charge is 2.45. The fourth-order valence-electron chi connectivity index (χ4n) is 4.76. The van der Waals surface area contributed by atoms with Crippen LogP contribution in [0.4, 0.5) is 0 Å². The molecule has 0 radical (unpaired) electrons. The Balaban J connectivity index is 1.86. The number of rotatable bonds is 5. The summed E-state index contributed by atoms with van der Waals surface area (Å²) in [6.07, 6.45) is 2.03. The lowest BCUT2D eigenvalue weighted by Crippen LogP contribution is -2.52. The van der Waals surface area contributed by atoms with Gasteiger partial charge in [0.15, 0.2) is 11.5 Å². The van der Waals surface area contributed by atoms with Gasteiger partial charge in [-0.1, -0.05) is 12.1 Å². The number of methoxy groups -OCH3 is 2. The van der Waals surface area contributed by atoms with E-state index in [1.165, 1.54) is 0 Å². The molecule has 0 saturated carbocycles. The molecular formula is C25H31N3O4S. The molecule has 2 amide bonds. The average Bonchev–Trinajstić information content (AvgIpc) is 2.85. The maximum atomic E-state index is 14.0. The Bertz CT molecular complexity index is 1030. The van der Waals surface area contributed by atoms with Gasteiger partial charge in [-0.05, 0) is 48.7 Å². The summed E-state index contributed by atoms with van der Waals surface area (Å²) >= 11 is 1.66. The van der Waals surface area contributed by atoms with Crippen molar-refractivity contribution in [1.29, 1.82) is 0 Å². The summed E-state index contributed by atoms with van der Waals surface area (Å²) < 4.78 is 11.0. The van der Waals surface area contributed by atoms with Gasteiger partial charge in [0, 0.05) is 43.7 Å². The first-order chi connectivity index (χ1) is 15.9. The molecule has 0 bridgehead atoms. The van der Waals surface area contributed by atoms with Crippen LogP contribution in [0.2, 0.25) is 0 Å². The van der Waals surface area contributed by atoms with Gasteiger partial charge in [0.2, 0.25) is 5.91 Å². The molecule has 2 aromatic rings. The minimum absolute atomic E-state index is 0.0369. The second-order valence-electron chi connectivity index (χ2n) is 8.53. The number of likely N-dealkylation sites (N-methyl/N-ethyl adjacent to an activating group) is 2. The Kier molecular flexibility index (Phi) is 6.86. The maximum Gasteiger partial charge on any atom is 0.254 e. The second-order valence-corrected chi connectivity index (χ2v) is 9.41. The van der Waals surface area contributed by atoms with Crippen molar-refractivity contribution in [3.05, 3.63) is 53.1 Å².